The van der Waals surface area contributed by atoms with Gasteiger partial charge in [-0.1, -0.05) is 30.3 Å². The molecule has 2 N–H and O–H groups in total. The number of thioether (sulfide) groups is 1. The molecule has 0 aliphatic carbocycles. The molecule has 2 heterocycles. The summed E-state index contributed by atoms with van der Waals surface area (Å²) in [6.07, 6.45) is 2.27. The van der Waals surface area contributed by atoms with Gasteiger partial charge in [0.1, 0.15) is 24.2 Å². The van der Waals surface area contributed by atoms with Crippen molar-refractivity contribution < 1.29 is 23.8 Å². The maximum atomic E-state index is 13.2. The minimum Gasteiger partial charge on any atom is -0.480 e. The van der Waals surface area contributed by atoms with E-state index < -0.39 is 17.9 Å². The second-order valence-electron chi connectivity index (χ2n) is 9.09. The predicted octanol–water partition coefficient (Wildman–Crippen LogP) is 6.94. The Kier molecular flexibility index (Phi) is 9.44. The summed E-state index contributed by atoms with van der Waals surface area (Å²) in [7, 11) is 0. The average Bonchev–Trinajstić information content (AvgIpc) is 3.55. The monoisotopic (exact) mass is 549 g/mol. The van der Waals surface area contributed by atoms with Gasteiger partial charge in [0.2, 0.25) is 0 Å². The Morgan fingerprint density at radius 3 is 2.58 bits per heavy atom. The summed E-state index contributed by atoms with van der Waals surface area (Å²) in [4.78, 5) is 26.0. The summed E-state index contributed by atoms with van der Waals surface area (Å²) in [6.45, 7) is 4.70. The molecule has 0 saturated heterocycles. The number of nitrogens with one attached hydrogen (secondary N) is 1. The summed E-state index contributed by atoms with van der Waals surface area (Å²) in [6, 6.07) is 18.4. The molecule has 0 radical (unpaired) electrons. The van der Waals surface area contributed by atoms with Crippen molar-refractivity contribution in [1.82, 2.24) is 5.32 Å². The SMILES string of the molecule is CSCCC(NC(=O)c1ccc(COCc2ccc(-c3cc(C)cs3)o2)cc1-c1ccccc1C)C(=O)O. The standard InChI is InChI=1S/C30H31NO5S2/c1-19-14-28(38-18-19)27-11-9-22(36-27)17-35-16-21-8-10-24(25(15-21)23-7-5-4-6-20(23)2)29(32)31-26(30(33)34)12-13-37-3/h4-11,14-15,18,26H,12-13,16-17H2,1-3H3,(H,31,32)(H,33,34). The number of aliphatic carboxylic acids is 1. The fourth-order valence-corrected chi connectivity index (χ4v) is 5.46. The van der Waals surface area contributed by atoms with Gasteiger partial charge >= 0.3 is 5.97 Å². The van der Waals surface area contributed by atoms with E-state index >= 15 is 0 Å². The first-order valence-electron chi connectivity index (χ1n) is 12.3. The summed E-state index contributed by atoms with van der Waals surface area (Å²) < 4.78 is 11.9. The van der Waals surface area contributed by atoms with Crippen LogP contribution in [0.25, 0.3) is 21.8 Å². The minimum absolute atomic E-state index is 0.321. The maximum absolute atomic E-state index is 13.2. The van der Waals surface area contributed by atoms with E-state index in [4.69, 9.17) is 9.15 Å². The topological polar surface area (TPSA) is 88.8 Å². The fourth-order valence-electron chi connectivity index (χ4n) is 4.12. The molecule has 198 valence electrons. The van der Waals surface area contributed by atoms with Crippen LogP contribution in [0.3, 0.4) is 0 Å². The maximum Gasteiger partial charge on any atom is 0.326 e. The van der Waals surface area contributed by atoms with Gasteiger partial charge in [0.15, 0.2) is 0 Å². The average molecular weight is 550 g/mol. The Labute approximate surface area is 231 Å². The Morgan fingerprint density at radius 1 is 1.05 bits per heavy atom. The number of carboxylic acids is 1. The normalized spacial score (nSPS) is 11.9. The molecule has 0 bridgehead atoms. The molecule has 6 nitrogen and oxygen atoms in total. The summed E-state index contributed by atoms with van der Waals surface area (Å²) in [5.74, 6) is 0.769. The number of rotatable bonds is 12. The highest BCUT2D eigenvalue weighted by atomic mass is 32.2. The number of aryl methyl sites for hydroxylation is 2. The van der Waals surface area contributed by atoms with Crippen molar-refractivity contribution in [2.45, 2.75) is 39.5 Å². The van der Waals surface area contributed by atoms with E-state index in [1.54, 1.807) is 29.2 Å². The summed E-state index contributed by atoms with van der Waals surface area (Å²) in [5.41, 5.74) is 5.21. The molecule has 8 heteroatoms. The highest BCUT2D eigenvalue weighted by molar-refractivity contribution is 7.98. The Morgan fingerprint density at radius 2 is 1.87 bits per heavy atom. The van der Waals surface area contributed by atoms with Crippen LogP contribution in [0.15, 0.2) is 70.5 Å². The van der Waals surface area contributed by atoms with Gasteiger partial charge in [0.05, 0.1) is 11.5 Å². The molecule has 4 aromatic rings. The number of ether oxygens (including phenoxy) is 1. The van der Waals surface area contributed by atoms with Crippen LogP contribution in [0.4, 0.5) is 0 Å². The van der Waals surface area contributed by atoms with Crippen molar-refractivity contribution in [2.75, 3.05) is 12.0 Å². The fraction of sp³-hybridized carbons (Fsp3) is 0.267. The number of thiophene rings is 1. The molecule has 0 aliphatic rings. The highest BCUT2D eigenvalue weighted by Crippen LogP contribution is 2.30. The first kappa shape index (κ1) is 27.7. The number of benzene rings is 2. The van der Waals surface area contributed by atoms with E-state index in [0.717, 1.165) is 38.7 Å². The van der Waals surface area contributed by atoms with E-state index in [-0.39, 0.29) is 0 Å². The number of carboxylic acid groups (broad SMARTS) is 1. The van der Waals surface area contributed by atoms with Crippen molar-refractivity contribution in [3.8, 4) is 21.8 Å². The zero-order chi connectivity index (χ0) is 27.1. The van der Waals surface area contributed by atoms with Crippen molar-refractivity contribution in [3.05, 3.63) is 94.1 Å². The van der Waals surface area contributed by atoms with Crippen molar-refractivity contribution >= 4 is 35.0 Å². The van der Waals surface area contributed by atoms with Gasteiger partial charge in [-0.2, -0.15) is 11.8 Å². The number of furan rings is 1. The van der Waals surface area contributed by atoms with Crippen LogP contribution < -0.4 is 5.32 Å². The number of hydrogen-bond donors (Lipinski definition) is 2. The number of carbonyl (C=O) groups is 2. The molecule has 2 aromatic carbocycles. The lowest BCUT2D eigenvalue weighted by Crippen LogP contribution is -2.41. The summed E-state index contributed by atoms with van der Waals surface area (Å²) in [5, 5.41) is 14.4. The third-order valence-corrected chi connectivity index (χ3v) is 7.83. The van der Waals surface area contributed by atoms with Gasteiger partial charge < -0.3 is 19.6 Å². The number of hydrogen-bond acceptors (Lipinski definition) is 6. The first-order chi connectivity index (χ1) is 18.4. The smallest absolute Gasteiger partial charge is 0.326 e. The highest BCUT2D eigenvalue weighted by Gasteiger charge is 2.22. The second-order valence-corrected chi connectivity index (χ2v) is 11.0. The lowest BCUT2D eigenvalue weighted by Gasteiger charge is -2.17. The van der Waals surface area contributed by atoms with E-state index in [1.807, 2.05) is 61.7 Å². The van der Waals surface area contributed by atoms with Crippen LogP contribution in [0.2, 0.25) is 0 Å². The molecule has 1 atom stereocenters. The molecular formula is C30H31NO5S2. The lowest BCUT2D eigenvalue weighted by atomic mass is 9.93. The van der Waals surface area contributed by atoms with Gasteiger partial charge in [-0.15, -0.1) is 11.3 Å². The largest absolute Gasteiger partial charge is 0.480 e. The van der Waals surface area contributed by atoms with Gasteiger partial charge in [0.25, 0.3) is 5.91 Å². The van der Waals surface area contributed by atoms with Crippen LogP contribution in [0, 0.1) is 13.8 Å². The van der Waals surface area contributed by atoms with Crippen LogP contribution >= 0.6 is 23.1 Å². The molecular weight excluding hydrogens is 518 g/mol. The van der Waals surface area contributed by atoms with Crippen molar-refractivity contribution in [2.24, 2.45) is 0 Å². The van der Waals surface area contributed by atoms with Crippen LogP contribution in [0.1, 0.15) is 39.2 Å². The molecule has 0 spiro atoms. The molecule has 0 saturated carbocycles. The van der Waals surface area contributed by atoms with Gasteiger partial charge in [-0.25, -0.2) is 4.79 Å². The lowest BCUT2D eigenvalue weighted by molar-refractivity contribution is -0.139. The Bertz CT molecular complexity index is 1410. The van der Waals surface area contributed by atoms with Crippen LogP contribution in [-0.2, 0) is 22.7 Å². The molecule has 1 amide bonds. The zero-order valence-corrected chi connectivity index (χ0v) is 23.3. The zero-order valence-electron chi connectivity index (χ0n) is 21.7. The Hall–Kier alpha value is -3.33. The van der Waals surface area contributed by atoms with Crippen molar-refractivity contribution in [3.63, 3.8) is 0 Å². The van der Waals surface area contributed by atoms with Gasteiger partial charge in [-0.05, 0) is 95.8 Å². The van der Waals surface area contributed by atoms with Crippen LogP contribution in [-0.4, -0.2) is 35.0 Å². The van der Waals surface area contributed by atoms with E-state index in [9.17, 15) is 14.7 Å². The molecule has 4 rings (SSSR count). The quantitative estimate of drug-likeness (QED) is 0.199. The molecule has 1 unspecified atom stereocenters. The van der Waals surface area contributed by atoms with Crippen LogP contribution in [0.5, 0.6) is 0 Å². The van der Waals surface area contributed by atoms with E-state index in [0.29, 0.717) is 31.0 Å². The molecule has 0 aliphatic heterocycles. The molecule has 0 fully saturated rings. The third-order valence-electron chi connectivity index (χ3n) is 6.13. The van der Waals surface area contributed by atoms with E-state index in [1.165, 1.54) is 5.56 Å². The minimum atomic E-state index is -1.04. The molecule has 38 heavy (non-hydrogen) atoms. The first-order valence-corrected chi connectivity index (χ1v) is 14.6. The molecule has 2 aromatic heterocycles. The number of amides is 1. The second kappa shape index (κ2) is 13.0. The predicted molar refractivity (Wildman–Crippen MR) is 154 cm³/mol. The third kappa shape index (κ3) is 6.95. The number of carbonyl (C=O) groups excluding carboxylic acids is 1. The Balaban J connectivity index is 1.51. The van der Waals surface area contributed by atoms with Gasteiger partial charge in [0, 0.05) is 5.56 Å². The van der Waals surface area contributed by atoms with E-state index in [2.05, 4.69) is 23.7 Å². The summed E-state index contributed by atoms with van der Waals surface area (Å²) >= 11 is 3.20. The van der Waals surface area contributed by atoms with Gasteiger partial charge in [-0.3, -0.25) is 4.79 Å². The van der Waals surface area contributed by atoms with Crippen molar-refractivity contribution in [1.29, 1.82) is 0 Å².